The number of anilines is 1. The number of carbonyl (C=O) groups excluding carboxylic acids is 4. The van der Waals surface area contributed by atoms with Crippen LogP contribution in [0.3, 0.4) is 0 Å². The van der Waals surface area contributed by atoms with Crippen LogP contribution in [-0.4, -0.2) is 77.7 Å². The Balaban J connectivity index is 1.46. The van der Waals surface area contributed by atoms with Crippen LogP contribution in [0.15, 0.2) is 73.8 Å². The van der Waals surface area contributed by atoms with Crippen LogP contribution < -0.4 is 10.2 Å². The van der Waals surface area contributed by atoms with Crippen molar-refractivity contribution in [3.63, 3.8) is 0 Å². The number of hydrogen-bond acceptors (Lipinski definition) is 7. The van der Waals surface area contributed by atoms with Gasteiger partial charge in [-0.25, -0.2) is 0 Å². The molecule has 2 N–H and O–H groups in total. The number of aryl methyl sites for hydroxylation is 2. The fraction of sp³-hybridized carbons (Fsp3) is 0.500. The number of nitrogens with one attached hydrogen (secondary N) is 1. The third-order valence-corrected chi connectivity index (χ3v) is 10.3. The van der Waals surface area contributed by atoms with Gasteiger partial charge in [0, 0.05) is 31.8 Å². The number of nitrogens with zero attached hydrogens (tertiary/aromatic N) is 2. The van der Waals surface area contributed by atoms with E-state index in [-0.39, 0.29) is 43.8 Å². The Morgan fingerprint density at radius 1 is 1.10 bits per heavy atom. The molecule has 10 heteroatoms. The Labute approximate surface area is 295 Å². The molecule has 1 spiro atoms. The molecule has 10 nitrogen and oxygen atoms in total. The van der Waals surface area contributed by atoms with E-state index in [2.05, 4.69) is 18.5 Å². The summed E-state index contributed by atoms with van der Waals surface area (Å²) in [5.74, 6) is -3.08. The van der Waals surface area contributed by atoms with Crippen molar-refractivity contribution in [3.05, 3.63) is 90.5 Å². The highest BCUT2D eigenvalue weighted by molar-refractivity contribution is 6.05. The first-order valence-corrected chi connectivity index (χ1v) is 17.9. The van der Waals surface area contributed by atoms with E-state index in [1.54, 1.807) is 22.0 Å². The van der Waals surface area contributed by atoms with Crippen LogP contribution in [0.2, 0.25) is 0 Å². The van der Waals surface area contributed by atoms with E-state index in [9.17, 15) is 24.3 Å². The maximum absolute atomic E-state index is 14.9. The Morgan fingerprint density at radius 2 is 1.86 bits per heavy atom. The minimum atomic E-state index is -1.19. The second kappa shape index (κ2) is 16.6. The first kappa shape index (κ1) is 37.0. The summed E-state index contributed by atoms with van der Waals surface area (Å²) >= 11 is 0. The molecule has 3 fully saturated rings. The summed E-state index contributed by atoms with van der Waals surface area (Å²) in [6.07, 6.45) is 6.65. The minimum Gasteiger partial charge on any atom is -0.455 e. The van der Waals surface area contributed by atoms with Crippen molar-refractivity contribution in [2.24, 2.45) is 11.8 Å². The summed E-state index contributed by atoms with van der Waals surface area (Å²) < 4.78 is 12.9. The summed E-state index contributed by atoms with van der Waals surface area (Å²) in [7, 11) is 0. The Morgan fingerprint density at radius 3 is 2.58 bits per heavy atom. The van der Waals surface area contributed by atoms with Gasteiger partial charge in [0.1, 0.15) is 17.7 Å². The summed E-state index contributed by atoms with van der Waals surface area (Å²) in [5.41, 5.74) is 2.19. The molecule has 3 amide bonds. The number of unbranched alkanes of at least 4 members (excludes halogenated alkanes) is 3. The molecule has 0 saturated carbocycles. The molecule has 3 aliphatic rings. The highest BCUT2D eigenvalue weighted by Crippen LogP contribution is 2.59. The highest BCUT2D eigenvalue weighted by Gasteiger charge is 2.75. The molecule has 2 aromatic rings. The predicted octanol–water partition coefficient (Wildman–Crippen LogP) is 5.12. The third kappa shape index (κ3) is 7.56. The number of hydrogen-bond donors (Lipinski definition) is 2. The van der Waals surface area contributed by atoms with Gasteiger partial charge in [-0.3, -0.25) is 19.2 Å². The van der Waals surface area contributed by atoms with Crippen molar-refractivity contribution in [1.29, 1.82) is 0 Å². The second-order valence-corrected chi connectivity index (χ2v) is 13.7. The predicted molar refractivity (Wildman–Crippen MR) is 191 cm³/mol. The van der Waals surface area contributed by atoms with Gasteiger partial charge in [0.15, 0.2) is 0 Å². The molecule has 268 valence electrons. The van der Waals surface area contributed by atoms with Gasteiger partial charge in [-0.2, -0.15) is 0 Å². The molecule has 6 atom stereocenters. The Kier molecular flexibility index (Phi) is 12.3. The zero-order valence-corrected chi connectivity index (χ0v) is 29.4. The molecular formula is C40H51N3O7. The first-order valence-electron chi connectivity index (χ1n) is 17.9. The first-order chi connectivity index (χ1) is 24.2. The van der Waals surface area contributed by atoms with Crippen molar-refractivity contribution >= 4 is 29.4 Å². The summed E-state index contributed by atoms with van der Waals surface area (Å²) in [4.78, 5) is 59.5. The lowest BCUT2D eigenvalue weighted by molar-refractivity contribution is -0.160. The number of likely N-dealkylation sites (tertiary alicyclic amines) is 1. The number of rotatable bonds is 18. The molecule has 3 saturated heterocycles. The Hall–Kier alpha value is -4.28. The molecule has 2 aromatic carbocycles. The maximum atomic E-state index is 14.9. The van der Waals surface area contributed by atoms with E-state index in [0.717, 1.165) is 29.7 Å². The molecule has 3 aliphatic heterocycles. The quantitative estimate of drug-likeness (QED) is 0.127. The van der Waals surface area contributed by atoms with Crippen LogP contribution in [0.25, 0.3) is 0 Å². The van der Waals surface area contributed by atoms with E-state index < -0.39 is 41.7 Å². The summed E-state index contributed by atoms with van der Waals surface area (Å²) in [6, 6.07) is 14.2. The smallest absolute Gasteiger partial charge is 0.313 e. The van der Waals surface area contributed by atoms with Crippen LogP contribution in [0.4, 0.5) is 5.69 Å². The number of aliphatic hydroxyl groups is 1. The van der Waals surface area contributed by atoms with Crippen molar-refractivity contribution in [2.75, 3.05) is 31.1 Å². The summed E-state index contributed by atoms with van der Waals surface area (Å²) in [6.45, 7) is 12.3. The number of fused-ring (bicyclic) bond motifs is 1. The van der Waals surface area contributed by atoms with E-state index in [1.165, 1.54) is 0 Å². The Bertz CT molecular complexity index is 1560. The van der Waals surface area contributed by atoms with Crippen molar-refractivity contribution in [1.82, 2.24) is 10.2 Å². The van der Waals surface area contributed by atoms with Gasteiger partial charge in [0.05, 0.1) is 24.5 Å². The van der Waals surface area contributed by atoms with E-state index >= 15 is 0 Å². The lowest BCUT2D eigenvalue weighted by Crippen LogP contribution is -2.56. The molecule has 0 radical (unpaired) electrons. The second-order valence-electron chi connectivity index (χ2n) is 13.7. The lowest BCUT2D eigenvalue weighted by atomic mass is 9.70. The van der Waals surface area contributed by atoms with Crippen LogP contribution >= 0.6 is 0 Å². The molecular weight excluding hydrogens is 634 g/mol. The monoisotopic (exact) mass is 685 g/mol. The van der Waals surface area contributed by atoms with E-state index in [1.807, 2.05) is 62.4 Å². The van der Waals surface area contributed by atoms with Crippen LogP contribution in [0, 0.1) is 25.7 Å². The molecule has 5 rings (SSSR count). The largest absolute Gasteiger partial charge is 0.455 e. The number of benzene rings is 2. The van der Waals surface area contributed by atoms with Crippen LogP contribution in [-0.2, 0) is 28.7 Å². The zero-order chi connectivity index (χ0) is 35.8. The highest BCUT2D eigenvalue weighted by atomic mass is 16.6. The van der Waals surface area contributed by atoms with Gasteiger partial charge < -0.3 is 29.7 Å². The zero-order valence-electron chi connectivity index (χ0n) is 29.4. The molecule has 2 bridgehead atoms. The maximum Gasteiger partial charge on any atom is 0.313 e. The lowest BCUT2D eigenvalue weighted by Gasteiger charge is -2.37. The number of ether oxygens (including phenoxy) is 2. The number of aliphatic hydroxyl groups excluding tert-OH is 1. The number of carbonyl (C=O) groups is 4. The molecule has 0 aromatic heterocycles. The van der Waals surface area contributed by atoms with Gasteiger partial charge in [-0.15, -0.1) is 13.2 Å². The number of esters is 1. The van der Waals surface area contributed by atoms with Gasteiger partial charge in [-0.1, -0.05) is 67.5 Å². The van der Waals surface area contributed by atoms with Gasteiger partial charge in [-0.05, 0) is 68.7 Å². The molecule has 0 aliphatic carbocycles. The summed E-state index contributed by atoms with van der Waals surface area (Å²) in [5, 5.41) is 12.1. The van der Waals surface area contributed by atoms with Gasteiger partial charge >= 0.3 is 5.97 Å². The molecule has 0 unspecified atom stereocenters. The topological polar surface area (TPSA) is 125 Å². The normalized spacial score (nSPS) is 24.1. The SMILES string of the molecule is C=CCCC(=O)NC[C@@H](OC(=O)[C@@H]1[C@H]2C(=O)N(CCCCCCO)[C@H](C(=O)N(CC=C)c3cc(C)ccc3C)[C@]23CC[C@H]1O3)c1ccccc1. The standard InChI is InChI=1S/C40H51N3O7/c1-5-7-17-33(45)41-26-32(29-15-11-10-12-16-29)49-39(48)34-31-20-21-40(50-31)35(34)37(46)43(23-13-8-9-14-24-44)36(40)38(47)42(22-6-2)30-25-27(3)18-19-28(30)4/h5-6,10-12,15-16,18-19,25,31-32,34-36,44H,1-2,7-9,13-14,17,20-24,26H2,3-4H3,(H,41,45)/t31-,32-,34+,35+,36-,40+/m1/s1. The fourth-order valence-electron chi connectivity index (χ4n) is 7.92. The molecule has 50 heavy (non-hydrogen) atoms. The fourth-order valence-corrected chi connectivity index (χ4v) is 7.92. The number of allylic oxidation sites excluding steroid dienone is 1. The van der Waals surface area contributed by atoms with Crippen LogP contribution in [0.1, 0.15) is 74.2 Å². The van der Waals surface area contributed by atoms with Crippen molar-refractivity contribution in [3.8, 4) is 0 Å². The van der Waals surface area contributed by atoms with E-state index in [0.29, 0.717) is 44.2 Å². The van der Waals surface area contributed by atoms with Gasteiger partial charge in [0.2, 0.25) is 11.8 Å². The van der Waals surface area contributed by atoms with Crippen molar-refractivity contribution in [2.45, 2.75) is 89.1 Å². The average Bonchev–Trinajstić information content (AvgIpc) is 3.76. The minimum absolute atomic E-state index is 0.0706. The van der Waals surface area contributed by atoms with Crippen LogP contribution in [0.5, 0.6) is 0 Å². The average molecular weight is 686 g/mol. The van der Waals surface area contributed by atoms with Crippen molar-refractivity contribution < 1.29 is 33.8 Å². The van der Waals surface area contributed by atoms with Gasteiger partial charge in [0.25, 0.3) is 5.91 Å². The van der Waals surface area contributed by atoms with E-state index in [4.69, 9.17) is 9.47 Å². The third-order valence-electron chi connectivity index (χ3n) is 10.3. The molecule has 3 heterocycles. The number of amides is 3.